The van der Waals surface area contributed by atoms with Crippen molar-refractivity contribution in [2.75, 3.05) is 0 Å². The van der Waals surface area contributed by atoms with Crippen molar-refractivity contribution in [2.24, 2.45) is 0 Å². The Hall–Kier alpha value is -3.22. The first-order chi connectivity index (χ1) is 14.3. The molecule has 0 aliphatic carbocycles. The molecule has 4 aromatic carbocycles. The van der Waals surface area contributed by atoms with Gasteiger partial charge in [0.05, 0.1) is 0 Å². The smallest absolute Gasteiger partial charge is 0.295 e. The average Bonchev–Trinajstić information content (AvgIpc) is 2.71. The fourth-order valence-corrected chi connectivity index (χ4v) is 4.60. The number of ether oxygens (including phenoxy) is 1. The molecule has 0 fully saturated rings. The van der Waals surface area contributed by atoms with Crippen molar-refractivity contribution < 1.29 is 22.1 Å². The van der Waals surface area contributed by atoms with E-state index in [9.17, 15) is 17.4 Å². The lowest BCUT2D eigenvalue weighted by Gasteiger charge is -2.18. The summed E-state index contributed by atoms with van der Waals surface area (Å²) in [5, 5.41) is 1.07. The molecule has 0 radical (unpaired) electrons. The summed E-state index contributed by atoms with van der Waals surface area (Å²) in [6.45, 7) is 1.94. The maximum Gasteiger partial charge on any atom is 0.295 e. The van der Waals surface area contributed by atoms with E-state index in [-0.39, 0.29) is 17.3 Å². The highest BCUT2D eigenvalue weighted by molar-refractivity contribution is 7.86. The Labute approximate surface area is 174 Å². The molecule has 0 saturated carbocycles. The van der Waals surface area contributed by atoms with Crippen LogP contribution in [0.15, 0.2) is 83.8 Å². The van der Waals surface area contributed by atoms with Gasteiger partial charge in [-0.05, 0) is 35.6 Å². The number of rotatable bonds is 5. The van der Waals surface area contributed by atoms with E-state index in [4.69, 9.17) is 4.74 Å². The zero-order valence-corrected chi connectivity index (χ0v) is 17.0. The second kappa shape index (κ2) is 7.89. The molecule has 4 aromatic rings. The number of aryl methyl sites for hydroxylation is 1. The number of halogens is 1. The van der Waals surface area contributed by atoms with E-state index in [1.165, 1.54) is 18.2 Å². The molecule has 0 spiro atoms. The molecule has 0 aliphatic rings. The van der Waals surface area contributed by atoms with Crippen molar-refractivity contribution in [3.8, 4) is 16.9 Å². The number of benzene rings is 4. The monoisotopic (exact) mass is 422 g/mol. The molecule has 0 aliphatic heterocycles. The van der Waals surface area contributed by atoms with Gasteiger partial charge >= 0.3 is 0 Å². The van der Waals surface area contributed by atoms with Crippen LogP contribution in [0.5, 0.6) is 5.75 Å². The van der Waals surface area contributed by atoms with Crippen LogP contribution in [0.25, 0.3) is 21.9 Å². The summed E-state index contributed by atoms with van der Waals surface area (Å²) in [6.07, 6.45) is 0. The first kappa shape index (κ1) is 20.1. The number of fused-ring (bicyclic) bond motifs is 1. The van der Waals surface area contributed by atoms with E-state index in [1.807, 2.05) is 36.4 Å². The largest absolute Gasteiger partial charge is 0.488 e. The number of hydrogen-bond acceptors (Lipinski definition) is 3. The third kappa shape index (κ3) is 3.92. The minimum absolute atomic E-state index is 0.186. The Morgan fingerprint density at radius 3 is 2.37 bits per heavy atom. The lowest BCUT2D eigenvalue weighted by atomic mass is 9.95. The van der Waals surface area contributed by atoms with Gasteiger partial charge in [-0.2, -0.15) is 8.42 Å². The van der Waals surface area contributed by atoms with Crippen molar-refractivity contribution in [3.63, 3.8) is 0 Å². The first-order valence-electron chi connectivity index (χ1n) is 9.31. The summed E-state index contributed by atoms with van der Waals surface area (Å²) in [5.74, 6) is -0.309. The standard InChI is InChI=1S/C24H19FO4S/c1-16-13-18-9-5-6-10-20(18)24(30(26,27)28)23(16)21-12-11-19(25)14-22(21)29-15-17-7-3-2-4-8-17/h2-14H,15H2,1H3,(H,26,27,28). The Balaban J connectivity index is 1.94. The molecule has 0 saturated heterocycles. The molecule has 4 nitrogen and oxygen atoms in total. The normalized spacial score (nSPS) is 11.6. The van der Waals surface area contributed by atoms with Gasteiger partial charge in [-0.3, -0.25) is 4.55 Å². The van der Waals surface area contributed by atoms with E-state index >= 15 is 0 Å². The highest BCUT2D eigenvalue weighted by Crippen LogP contribution is 2.41. The molecule has 0 heterocycles. The van der Waals surface area contributed by atoms with Gasteiger partial charge in [0, 0.05) is 22.6 Å². The van der Waals surface area contributed by atoms with Crippen LogP contribution in [-0.4, -0.2) is 13.0 Å². The molecule has 0 aromatic heterocycles. The topological polar surface area (TPSA) is 63.6 Å². The molecular weight excluding hydrogens is 403 g/mol. The van der Waals surface area contributed by atoms with Gasteiger partial charge in [-0.15, -0.1) is 0 Å². The Bertz CT molecular complexity index is 1330. The van der Waals surface area contributed by atoms with Crippen LogP contribution in [0.2, 0.25) is 0 Å². The van der Waals surface area contributed by atoms with Crippen LogP contribution < -0.4 is 4.74 Å². The highest BCUT2D eigenvalue weighted by atomic mass is 32.2. The van der Waals surface area contributed by atoms with Crippen LogP contribution in [-0.2, 0) is 16.7 Å². The van der Waals surface area contributed by atoms with Gasteiger partial charge in [0.2, 0.25) is 0 Å². The van der Waals surface area contributed by atoms with Crippen molar-refractivity contribution in [1.82, 2.24) is 0 Å². The summed E-state index contributed by atoms with van der Waals surface area (Å²) < 4.78 is 54.8. The maximum atomic E-state index is 14.0. The minimum Gasteiger partial charge on any atom is -0.488 e. The van der Waals surface area contributed by atoms with Crippen molar-refractivity contribution in [1.29, 1.82) is 0 Å². The fourth-order valence-electron chi connectivity index (χ4n) is 3.61. The molecule has 30 heavy (non-hydrogen) atoms. The SMILES string of the molecule is Cc1cc2ccccc2c(S(=O)(=O)O)c1-c1ccc(F)cc1OCc1ccccc1. The first-order valence-corrected chi connectivity index (χ1v) is 10.7. The van der Waals surface area contributed by atoms with E-state index in [2.05, 4.69) is 0 Å². The van der Waals surface area contributed by atoms with Gasteiger partial charge in [0.15, 0.2) is 0 Å². The van der Waals surface area contributed by atoms with Crippen LogP contribution in [0.3, 0.4) is 0 Å². The van der Waals surface area contributed by atoms with Crippen molar-refractivity contribution in [3.05, 3.63) is 95.8 Å². The zero-order valence-electron chi connectivity index (χ0n) is 16.2. The molecule has 4 rings (SSSR count). The third-order valence-corrected chi connectivity index (χ3v) is 5.85. The average molecular weight is 422 g/mol. The molecule has 0 atom stereocenters. The number of hydrogen-bond donors (Lipinski definition) is 1. The van der Waals surface area contributed by atoms with E-state index < -0.39 is 15.9 Å². The second-order valence-corrected chi connectivity index (χ2v) is 8.37. The summed E-state index contributed by atoms with van der Waals surface area (Å²) >= 11 is 0. The Morgan fingerprint density at radius 2 is 1.63 bits per heavy atom. The molecule has 0 bridgehead atoms. The van der Waals surface area contributed by atoms with Crippen LogP contribution in [0, 0.1) is 12.7 Å². The second-order valence-electron chi connectivity index (χ2n) is 7.01. The van der Waals surface area contributed by atoms with Gasteiger partial charge in [0.25, 0.3) is 10.1 Å². The molecular formula is C24H19FO4S. The van der Waals surface area contributed by atoms with Crippen molar-refractivity contribution >= 4 is 20.9 Å². The molecule has 152 valence electrons. The van der Waals surface area contributed by atoms with Gasteiger partial charge in [-0.1, -0.05) is 60.7 Å². The van der Waals surface area contributed by atoms with Gasteiger partial charge in [0.1, 0.15) is 23.1 Å². The van der Waals surface area contributed by atoms with Crippen LogP contribution in [0.4, 0.5) is 4.39 Å². The molecule has 0 amide bonds. The maximum absolute atomic E-state index is 14.0. The lowest BCUT2D eigenvalue weighted by molar-refractivity contribution is 0.306. The minimum atomic E-state index is -4.57. The van der Waals surface area contributed by atoms with Crippen molar-refractivity contribution in [2.45, 2.75) is 18.4 Å². The van der Waals surface area contributed by atoms with Crippen LogP contribution >= 0.6 is 0 Å². The van der Waals surface area contributed by atoms with E-state index in [0.717, 1.165) is 5.56 Å². The zero-order chi connectivity index (χ0) is 21.3. The lowest BCUT2D eigenvalue weighted by Crippen LogP contribution is -2.05. The Morgan fingerprint density at radius 1 is 0.933 bits per heavy atom. The van der Waals surface area contributed by atoms with Gasteiger partial charge < -0.3 is 4.74 Å². The highest BCUT2D eigenvalue weighted by Gasteiger charge is 2.24. The predicted octanol–water partition coefficient (Wildman–Crippen LogP) is 5.78. The summed E-state index contributed by atoms with van der Waals surface area (Å²) in [4.78, 5) is -0.214. The quantitative estimate of drug-likeness (QED) is 0.414. The Kier molecular flexibility index (Phi) is 5.28. The molecule has 0 unspecified atom stereocenters. The van der Waals surface area contributed by atoms with Gasteiger partial charge in [-0.25, -0.2) is 4.39 Å². The fraction of sp³-hybridized carbons (Fsp3) is 0.0833. The third-order valence-electron chi connectivity index (χ3n) is 4.91. The van der Waals surface area contributed by atoms with Crippen LogP contribution in [0.1, 0.15) is 11.1 Å². The molecule has 1 N–H and O–H groups in total. The summed E-state index contributed by atoms with van der Waals surface area (Å²) in [7, 11) is -4.57. The molecule has 6 heteroatoms. The van der Waals surface area contributed by atoms with E-state index in [1.54, 1.807) is 31.2 Å². The predicted molar refractivity (Wildman–Crippen MR) is 115 cm³/mol. The van der Waals surface area contributed by atoms with E-state index in [0.29, 0.717) is 27.5 Å². The summed E-state index contributed by atoms with van der Waals surface area (Å²) in [5.41, 5.74) is 2.19. The summed E-state index contributed by atoms with van der Waals surface area (Å²) in [6, 6.07) is 22.1.